The predicted molar refractivity (Wildman–Crippen MR) is 67.7 cm³/mol. The Kier molecular flexibility index (Phi) is 2.76. The highest BCUT2D eigenvalue weighted by Crippen LogP contribution is 2.29. The third-order valence-corrected chi connectivity index (χ3v) is 2.70. The van der Waals surface area contributed by atoms with E-state index in [1.165, 1.54) is 10.9 Å². The Labute approximate surface area is 96.6 Å². The van der Waals surface area contributed by atoms with E-state index in [0.29, 0.717) is 0 Å². The van der Waals surface area contributed by atoms with Gasteiger partial charge in [0, 0.05) is 17.3 Å². The molecule has 2 heteroatoms. The van der Waals surface area contributed by atoms with Crippen molar-refractivity contribution in [2.24, 2.45) is 0 Å². The van der Waals surface area contributed by atoms with Crippen LogP contribution in [0.2, 0.25) is 0 Å². The van der Waals surface area contributed by atoms with Crippen LogP contribution in [0.1, 0.15) is 32.1 Å². The molecule has 86 valence electrons. The van der Waals surface area contributed by atoms with Crippen molar-refractivity contribution in [1.82, 2.24) is 5.32 Å². The summed E-state index contributed by atoms with van der Waals surface area (Å²) < 4.78 is 5.85. The number of furan rings is 1. The molecule has 0 spiro atoms. The molecule has 1 aromatic carbocycles. The van der Waals surface area contributed by atoms with Gasteiger partial charge >= 0.3 is 0 Å². The first kappa shape index (κ1) is 11.2. The summed E-state index contributed by atoms with van der Waals surface area (Å²) in [6.45, 7) is 7.39. The Morgan fingerprint density at radius 1 is 1.19 bits per heavy atom. The molecule has 0 aliphatic heterocycles. The van der Waals surface area contributed by atoms with E-state index in [4.69, 9.17) is 4.42 Å². The molecule has 2 nitrogen and oxygen atoms in total. The molecule has 0 aliphatic rings. The Morgan fingerprint density at radius 2 is 1.94 bits per heavy atom. The zero-order valence-corrected chi connectivity index (χ0v) is 10.4. The van der Waals surface area contributed by atoms with Gasteiger partial charge in [-0.2, -0.15) is 0 Å². The average Bonchev–Trinajstić information content (AvgIpc) is 2.60. The van der Waals surface area contributed by atoms with Crippen LogP contribution in [0, 0.1) is 0 Å². The van der Waals surface area contributed by atoms with Crippen molar-refractivity contribution in [2.75, 3.05) is 7.05 Å². The first-order valence-corrected chi connectivity index (χ1v) is 5.68. The normalized spacial score (nSPS) is 12.2. The lowest BCUT2D eigenvalue weighted by atomic mass is 9.93. The maximum atomic E-state index is 5.85. The van der Waals surface area contributed by atoms with E-state index in [9.17, 15) is 0 Å². The van der Waals surface area contributed by atoms with Crippen LogP contribution in [0.15, 0.2) is 28.7 Å². The van der Waals surface area contributed by atoms with Crippen LogP contribution < -0.4 is 5.32 Å². The maximum Gasteiger partial charge on any atom is 0.134 e. The van der Waals surface area contributed by atoms with Crippen molar-refractivity contribution in [1.29, 1.82) is 0 Å². The van der Waals surface area contributed by atoms with Gasteiger partial charge in [0.2, 0.25) is 0 Å². The molecular formula is C14H19NO. The fourth-order valence-electron chi connectivity index (χ4n) is 1.78. The highest BCUT2D eigenvalue weighted by atomic mass is 16.3. The van der Waals surface area contributed by atoms with E-state index in [1.807, 2.05) is 7.05 Å². The summed E-state index contributed by atoms with van der Waals surface area (Å²) in [4.78, 5) is 0. The second-order valence-electron chi connectivity index (χ2n) is 5.26. The van der Waals surface area contributed by atoms with Crippen LogP contribution in [-0.2, 0) is 12.0 Å². The SMILES string of the molecule is CNCc1ccc2oc(C(C)(C)C)cc2c1. The van der Waals surface area contributed by atoms with Crippen molar-refractivity contribution in [3.05, 3.63) is 35.6 Å². The molecule has 1 heterocycles. The van der Waals surface area contributed by atoms with Crippen molar-refractivity contribution in [3.8, 4) is 0 Å². The Balaban J connectivity index is 2.46. The molecule has 0 radical (unpaired) electrons. The van der Waals surface area contributed by atoms with E-state index in [0.717, 1.165) is 17.9 Å². The first-order valence-electron chi connectivity index (χ1n) is 5.68. The first-order chi connectivity index (χ1) is 7.50. The lowest BCUT2D eigenvalue weighted by molar-refractivity contribution is 0.430. The van der Waals surface area contributed by atoms with Gasteiger partial charge in [-0.1, -0.05) is 26.8 Å². The average molecular weight is 217 g/mol. The summed E-state index contributed by atoms with van der Waals surface area (Å²) in [7, 11) is 1.96. The van der Waals surface area contributed by atoms with Crippen molar-refractivity contribution >= 4 is 11.0 Å². The third-order valence-electron chi connectivity index (χ3n) is 2.70. The molecule has 16 heavy (non-hydrogen) atoms. The number of fused-ring (bicyclic) bond motifs is 1. The van der Waals surface area contributed by atoms with Crippen molar-refractivity contribution in [2.45, 2.75) is 32.7 Å². The monoisotopic (exact) mass is 217 g/mol. The zero-order valence-electron chi connectivity index (χ0n) is 10.4. The van der Waals surface area contributed by atoms with Gasteiger partial charge in [0.05, 0.1) is 0 Å². The van der Waals surface area contributed by atoms with Crippen LogP contribution in [0.5, 0.6) is 0 Å². The van der Waals surface area contributed by atoms with Crippen molar-refractivity contribution < 1.29 is 4.42 Å². The minimum absolute atomic E-state index is 0.0716. The summed E-state index contributed by atoms with van der Waals surface area (Å²) in [6.07, 6.45) is 0. The van der Waals surface area contributed by atoms with Crippen LogP contribution in [0.25, 0.3) is 11.0 Å². The molecule has 0 saturated carbocycles. The molecule has 0 saturated heterocycles. The molecule has 0 unspecified atom stereocenters. The number of rotatable bonds is 2. The van der Waals surface area contributed by atoms with Crippen molar-refractivity contribution in [3.63, 3.8) is 0 Å². The van der Waals surface area contributed by atoms with E-state index in [2.05, 4.69) is 50.4 Å². The second-order valence-corrected chi connectivity index (χ2v) is 5.26. The zero-order chi connectivity index (χ0) is 11.8. The van der Waals surface area contributed by atoms with Gasteiger partial charge in [-0.3, -0.25) is 0 Å². The topological polar surface area (TPSA) is 25.2 Å². The quantitative estimate of drug-likeness (QED) is 0.833. The van der Waals surface area contributed by atoms with Crippen LogP contribution in [-0.4, -0.2) is 7.05 Å². The summed E-state index contributed by atoms with van der Waals surface area (Å²) in [6, 6.07) is 8.49. The highest BCUT2D eigenvalue weighted by molar-refractivity contribution is 5.79. The van der Waals surface area contributed by atoms with E-state index >= 15 is 0 Å². The van der Waals surface area contributed by atoms with Gasteiger partial charge in [0.25, 0.3) is 0 Å². The third kappa shape index (κ3) is 2.12. The summed E-state index contributed by atoms with van der Waals surface area (Å²) >= 11 is 0. The minimum Gasteiger partial charge on any atom is -0.461 e. The van der Waals surface area contributed by atoms with Crippen LogP contribution in [0.3, 0.4) is 0 Å². The molecule has 0 atom stereocenters. The summed E-state index contributed by atoms with van der Waals surface area (Å²) in [5, 5.41) is 4.35. The Bertz CT molecular complexity index is 491. The van der Waals surface area contributed by atoms with E-state index < -0.39 is 0 Å². The van der Waals surface area contributed by atoms with Gasteiger partial charge in [-0.05, 0) is 30.8 Å². The highest BCUT2D eigenvalue weighted by Gasteiger charge is 2.18. The Morgan fingerprint density at radius 3 is 2.56 bits per heavy atom. The lowest BCUT2D eigenvalue weighted by Gasteiger charge is -2.13. The molecule has 1 aromatic heterocycles. The molecule has 0 amide bonds. The molecule has 2 rings (SSSR count). The van der Waals surface area contributed by atoms with Crippen LogP contribution >= 0.6 is 0 Å². The van der Waals surface area contributed by atoms with E-state index in [1.54, 1.807) is 0 Å². The smallest absolute Gasteiger partial charge is 0.134 e. The van der Waals surface area contributed by atoms with Gasteiger partial charge in [0.1, 0.15) is 11.3 Å². The lowest BCUT2D eigenvalue weighted by Crippen LogP contribution is -2.08. The fourth-order valence-corrected chi connectivity index (χ4v) is 1.78. The number of hydrogen-bond donors (Lipinski definition) is 1. The largest absolute Gasteiger partial charge is 0.461 e. The fraction of sp³-hybridized carbons (Fsp3) is 0.429. The number of hydrogen-bond acceptors (Lipinski definition) is 2. The minimum atomic E-state index is 0.0716. The molecule has 2 aromatic rings. The Hall–Kier alpha value is -1.28. The standard InChI is InChI=1S/C14H19NO/c1-14(2,3)13-8-11-7-10(9-15-4)5-6-12(11)16-13/h5-8,15H,9H2,1-4H3. The maximum absolute atomic E-state index is 5.85. The van der Waals surface area contributed by atoms with Gasteiger partial charge < -0.3 is 9.73 Å². The van der Waals surface area contributed by atoms with Gasteiger partial charge in [-0.25, -0.2) is 0 Å². The molecule has 0 fully saturated rings. The molecule has 0 bridgehead atoms. The molecule has 1 N–H and O–H groups in total. The molecular weight excluding hydrogens is 198 g/mol. The summed E-state index contributed by atoms with van der Waals surface area (Å²) in [5.41, 5.74) is 2.34. The van der Waals surface area contributed by atoms with Gasteiger partial charge in [-0.15, -0.1) is 0 Å². The predicted octanol–water partition coefficient (Wildman–Crippen LogP) is 3.45. The number of nitrogens with one attached hydrogen (secondary N) is 1. The number of benzene rings is 1. The molecule has 0 aliphatic carbocycles. The van der Waals surface area contributed by atoms with Gasteiger partial charge in [0.15, 0.2) is 0 Å². The second kappa shape index (κ2) is 3.95. The summed E-state index contributed by atoms with van der Waals surface area (Å²) in [5.74, 6) is 1.05. The van der Waals surface area contributed by atoms with Crippen LogP contribution in [0.4, 0.5) is 0 Å². The van der Waals surface area contributed by atoms with E-state index in [-0.39, 0.29) is 5.41 Å².